The van der Waals surface area contributed by atoms with Gasteiger partial charge in [0.1, 0.15) is 5.76 Å². The predicted octanol–water partition coefficient (Wildman–Crippen LogP) is 2.86. The molecule has 0 aliphatic carbocycles. The van der Waals surface area contributed by atoms with Crippen LogP contribution in [0.1, 0.15) is 5.76 Å². The highest BCUT2D eigenvalue weighted by atomic mass is 32.2. The molecule has 0 spiro atoms. The Hall–Kier alpha value is -1.44. The average Bonchev–Trinajstić information content (AvgIpc) is 2.94. The van der Waals surface area contributed by atoms with Gasteiger partial charge in [-0.25, -0.2) is 12.7 Å². The summed E-state index contributed by atoms with van der Waals surface area (Å²) >= 11 is 1.65. The van der Waals surface area contributed by atoms with Crippen LogP contribution < -0.4 is 5.32 Å². The second-order valence-corrected chi connectivity index (χ2v) is 7.49. The number of para-hydroxylation sites is 1. The van der Waals surface area contributed by atoms with Gasteiger partial charge in [0, 0.05) is 24.7 Å². The second-order valence-electron chi connectivity index (χ2n) is 4.56. The summed E-state index contributed by atoms with van der Waals surface area (Å²) in [6, 6.07) is 11.1. The number of nitrogens with one attached hydrogen (secondary N) is 1. The Bertz CT molecular complexity index is 709. The van der Waals surface area contributed by atoms with Crippen LogP contribution in [0, 0.1) is 0 Å². The molecule has 0 radical (unpaired) electrons. The van der Waals surface area contributed by atoms with Crippen molar-refractivity contribution < 1.29 is 12.8 Å². The van der Waals surface area contributed by atoms with Crippen LogP contribution in [-0.4, -0.2) is 33.1 Å². The number of hydrogen-bond donors (Lipinski definition) is 1. The van der Waals surface area contributed by atoms with Crippen molar-refractivity contribution in [1.29, 1.82) is 0 Å². The van der Waals surface area contributed by atoms with Crippen LogP contribution in [0.15, 0.2) is 50.8 Å². The molecule has 1 N–H and O–H groups in total. The van der Waals surface area contributed by atoms with E-state index in [2.05, 4.69) is 5.32 Å². The lowest BCUT2D eigenvalue weighted by Crippen LogP contribution is -2.21. The van der Waals surface area contributed by atoms with Crippen molar-refractivity contribution in [1.82, 2.24) is 4.31 Å². The van der Waals surface area contributed by atoms with Crippen LogP contribution in [0.4, 0.5) is 5.69 Å². The minimum Gasteiger partial charge on any atom is -0.446 e. The average molecular weight is 326 g/mol. The summed E-state index contributed by atoms with van der Waals surface area (Å²) in [4.78, 5) is 1.13. The van der Waals surface area contributed by atoms with Gasteiger partial charge in [-0.05, 0) is 30.5 Å². The summed E-state index contributed by atoms with van der Waals surface area (Å²) < 4.78 is 30.4. The molecule has 0 aliphatic rings. The number of thioether (sulfide) groups is 1. The lowest BCUT2D eigenvalue weighted by atomic mass is 10.3. The van der Waals surface area contributed by atoms with Crippen molar-refractivity contribution >= 4 is 27.5 Å². The number of anilines is 1. The molecule has 21 heavy (non-hydrogen) atoms. The Morgan fingerprint density at radius 3 is 2.57 bits per heavy atom. The van der Waals surface area contributed by atoms with E-state index in [1.165, 1.54) is 20.2 Å². The number of rotatable bonds is 6. The Labute approximate surface area is 129 Å². The molecular weight excluding hydrogens is 308 g/mol. The van der Waals surface area contributed by atoms with Crippen molar-refractivity contribution in [3.8, 4) is 0 Å². The maximum absolute atomic E-state index is 11.9. The molecule has 0 fully saturated rings. The van der Waals surface area contributed by atoms with E-state index in [0.717, 1.165) is 14.9 Å². The van der Waals surface area contributed by atoms with E-state index in [0.29, 0.717) is 12.3 Å². The molecule has 0 bridgehead atoms. The van der Waals surface area contributed by atoms with E-state index < -0.39 is 10.0 Å². The highest BCUT2D eigenvalue weighted by molar-refractivity contribution is 7.98. The fraction of sp³-hybridized carbons (Fsp3) is 0.286. The first-order valence-corrected chi connectivity index (χ1v) is 9.00. The van der Waals surface area contributed by atoms with Gasteiger partial charge in [-0.3, -0.25) is 0 Å². The van der Waals surface area contributed by atoms with Gasteiger partial charge in [-0.1, -0.05) is 12.1 Å². The molecule has 0 aliphatic heterocycles. The van der Waals surface area contributed by atoms with Crippen molar-refractivity contribution in [2.45, 2.75) is 16.5 Å². The predicted molar refractivity (Wildman–Crippen MR) is 85.1 cm³/mol. The van der Waals surface area contributed by atoms with Crippen molar-refractivity contribution in [3.63, 3.8) is 0 Å². The van der Waals surface area contributed by atoms with Crippen molar-refractivity contribution in [3.05, 3.63) is 42.2 Å². The fourth-order valence-corrected chi connectivity index (χ4v) is 3.13. The van der Waals surface area contributed by atoms with E-state index in [-0.39, 0.29) is 5.09 Å². The van der Waals surface area contributed by atoms with Gasteiger partial charge in [0.2, 0.25) is 5.09 Å². The summed E-state index contributed by atoms with van der Waals surface area (Å²) in [6.45, 7) is 0.431. The summed E-state index contributed by atoms with van der Waals surface area (Å²) in [7, 11) is -0.564. The van der Waals surface area contributed by atoms with Gasteiger partial charge in [0.25, 0.3) is 10.0 Å². The monoisotopic (exact) mass is 326 g/mol. The number of sulfonamides is 1. The van der Waals surface area contributed by atoms with Gasteiger partial charge >= 0.3 is 0 Å². The zero-order chi connectivity index (χ0) is 15.5. The standard InChI is InChI=1S/C14H18N2O3S2/c1-16(2)21(17,18)14-9-8-11(19-14)10-15-12-6-4-5-7-13(12)20-3/h4-9,15H,10H2,1-3H3. The summed E-state index contributed by atoms with van der Waals surface area (Å²) in [5.41, 5.74) is 0.999. The zero-order valence-corrected chi connectivity index (χ0v) is 13.8. The van der Waals surface area contributed by atoms with Crippen LogP contribution in [-0.2, 0) is 16.6 Å². The number of benzene rings is 1. The lowest BCUT2D eigenvalue weighted by Gasteiger charge is -2.09. The van der Waals surface area contributed by atoms with Gasteiger partial charge in [0.05, 0.1) is 6.54 Å². The number of hydrogen-bond acceptors (Lipinski definition) is 5. The molecule has 7 heteroatoms. The molecule has 2 rings (SSSR count). The quantitative estimate of drug-likeness (QED) is 0.827. The minimum atomic E-state index is -3.52. The summed E-state index contributed by atoms with van der Waals surface area (Å²) in [5, 5.41) is 3.21. The zero-order valence-electron chi connectivity index (χ0n) is 12.2. The molecule has 114 valence electrons. The molecule has 0 saturated carbocycles. The highest BCUT2D eigenvalue weighted by Gasteiger charge is 2.21. The summed E-state index contributed by atoms with van der Waals surface area (Å²) in [6.07, 6.45) is 2.01. The smallest absolute Gasteiger partial charge is 0.275 e. The van der Waals surface area contributed by atoms with E-state index >= 15 is 0 Å². The molecule has 1 aromatic carbocycles. The third-order valence-electron chi connectivity index (χ3n) is 2.93. The third kappa shape index (κ3) is 3.61. The first kappa shape index (κ1) is 15.9. The molecule has 0 saturated heterocycles. The Balaban J connectivity index is 2.10. The van der Waals surface area contributed by atoms with Crippen LogP contribution in [0.5, 0.6) is 0 Å². The third-order valence-corrected chi connectivity index (χ3v) is 5.42. The lowest BCUT2D eigenvalue weighted by molar-refractivity contribution is 0.402. The molecule has 0 atom stereocenters. The molecule has 1 aromatic heterocycles. The minimum absolute atomic E-state index is 0.0394. The van der Waals surface area contributed by atoms with E-state index in [1.54, 1.807) is 17.8 Å². The number of furan rings is 1. The highest BCUT2D eigenvalue weighted by Crippen LogP contribution is 2.25. The van der Waals surface area contributed by atoms with E-state index in [9.17, 15) is 8.42 Å². The van der Waals surface area contributed by atoms with Crippen molar-refractivity contribution in [2.75, 3.05) is 25.7 Å². The maximum atomic E-state index is 11.9. The van der Waals surface area contributed by atoms with Gasteiger partial charge < -0.3 is 9.73 Å². The molecular formula is C14H18N2O3S2. The molecule has 5 nitrogen and oxygen atoms in total. The van der Waals surface area contributed by atoms with Gasteiger partial charge in [0.15, 0.2) is 0 Å². The van der Waals surface area contributed by atoms with E-state index in [1.807, 2.05) is 30.5 Å². The first-order chi connectivity index (χ1) is 9.95. The van der Waals surface area contributed by atoms with Crippen LogP contribution in [0.2, 0.25) is 0 Å². The van der Waals surface area contributed by atoms with Crippen molar-refractivity contribution in [2.24, 2.45) is 0 Å². The molecule has 2 aromatic rings. The molecule has 0 unspecified atom stereocenters. The topological polar surface area (TPSA) is 62.6 Å². The van der Waals surface area contributed by atoms with Crippen LogP contribution in [0.3, 0.4) is 0 Å². The normalized spacial score (nSPS) is 11.8. The molecule has 1 heterocycles. The Morgan fingerprint density at radius 2 is 1.90 bits per heavy atom. The Kier molecular flexibility index (Phi) is 4.97. The van der Waals surface area contributed by atoms with E-state index in [4.69, 9.17) is 4.42 Å². The maximum Gasteiger partial charge on any atom is 0.275 e. The van der Waals surface area contributed by atoms with Crippen LogP contribution in [0.25, 0.3) is 0 Å². The largest absolute Gasteiger partial charge is 0.446 e. The molecule has 0 amide bonds. The second kappa shape index (κ2) is 6.55. The Morgan fingerprint density at radius 1 is 1.19 bits per heavy atom. The first-order valence-electron chi connectivity index (χ1n) is 6.33. The van der Waals surface area contributed by atoms with Gasteiger partial charge in [-0.15, -0.1) is 11.8 Å². The SMILES string of the molecule is CSc1ccccc1NCc1ccc(S(=O)(=O)N(C)C)o1. The number of nitrogens with zero attached hydrogens (tertiary/aromatic N) is 1. The van der Waals surface area contributed by atoms with Crippen LogP contribution >= 0.6 is 11.8 Å². The fourth-order valence-electron chi connectivity index (χ4n) is 1.74. The van der Waals surface area contributed by atoms with Gasteiger partial charge in [-0.2, -0.15) is 0 Å². The summed E-state index contributed by atoms with van der Waals surface area (Å²) in [5.74, 6) is 0.575.